The van der Waals surface area contributed by atoms with Gasteiger partial charge in [0.05, 0.1) is 25.2 Å². The molecule has 0 bridgehead atoms. The second-order valence-electron chi connectivity index (χ2n) is 8.26. The fraction of sp³-hybridized carbons (Fsp3) is 0.500. The van der Waals surface area contributed by atoms with E-state index in [1.165, 1.54) is 23.1 Å². The van der Waals surface area contributed by atoms with Gasteiger partial charge in [0.1, 0.15) is 0 Å². The summed E-state index contributed by atoms with van der Waals surface area (Å²) in [5.41, 5.74) is 4.72. The van der Waals surface area contributed by atoms with Crippen LogP contribution in [-0.4, -0.2) is 13.1 Å². The summed E-state index contributed by atoms with van der Waals surface area (Å²) >= 11 is 0. The van der Waals surface area contributed by atoms with Gasteiger partial charge in [-0.25, -0.2) is 4.79 Å². The normalized spacial score (nSPS) is 17.6. The van der Waals surface area contributed by atoms with Gasteiger partial charge in [0.25, 0.3) is 0 Å². The van der Waals surface area contributed by atoms with E-state index < -0.39 is 0 Å². The van der Waals surface area contributed by atoms with Gasteiger partial charge < -0.3 is 13.9 Å². The number of allylic oxidation sites excluding steroid dienone is 5. The average Bonchev–Trinajstić information content (AvgIpc) is 3.30. The second-order valence-corrected chi connectivity index (χ2v) is 8.26. The summed E-state index contributed by atoms with van der Waals surface area (Å²) in [4.78, 5) is 11.7. The van der Waals surface area contributed by atoms with E-state index in [0.29, 0.717) is 23.0 Å². The van der Waals surface area contributed by atoms with Crippen molar-refractivity contribution in [1.29, 1.82) is 0 Å². The number of hydrogen-bond acceptors (Lipinski definition) is 4. The number of carbonyl (C=O) groups is 1. The van der Waals surface area contributed by atoms with Crippen LogP contribution in [0.5, 0.6) is 0 Å². The van der Waals surface area contributed by atoms with Crippen molar-refractivity contribution in [2.24, 2.45) is 5.92 Å². The number of furan rings is 1. The lowest BCUT2D eigenvalue weighted by molar-refractivity contribution is -0.133. The average molecular weight is 413 g/mol. The number of methoxy groups -OCH3 is 1. The molecule has 1 atom stereocenters. The molecule has 30 heavy (non-hydrogen) atoms. The van der Waals surface area contributed by atoms with Gasteiger partial charge in [0, 0.05) is 0 Å². The molecule has 0 N–H and O–H groups in total. The van der Waals surface area contributed by atoms with Crippen LogP contribution in [0.2, 0.25) is 0 Å². The summed E-state index contributed by atoms with van der Waals surface area (Å²) in [5.74, 6) is 1.12. The molecule has 1 aliphatic heterocycles. The minimum atomic E-state index is -0.313. The molecule has 0 saturated heterocycles. The third-order valence-electron chi connectivity index (χ3n) is 5.48. The Labute approximate surface area is 181 Å². The summed E-state index contributed by atoms with van der Waals surface area (Å²) in [5, 5.41) is 0. The van der Waals surface area contributed by atoms with Crippen LogP contribution in [0, 0.1) is 5.92 Å². The molecule has 2 heterocycles. The molecule has 1 aliphatic rings. The van der Waals surface area contributed by atoms with Gasteiger partial charge in [0.2, 0.25) is 0 Å². The molecule has 0 amide bonds. The first-order valence-corrected chi connectivity index (χ1v) is 10.9. The monoisotopic (exact) mass is 412 g/mol. The summed E-state index contributed by atoms with van der Waals surface area (Å²) in [6.07, 6.45) is 17.9. The van der Waals surface area contributed by atoms with Crippen molar-refractivity contribution in [2.45, 2.75) is 72.6 Å². The predicted molar refractivity (Wildman–Crippen MR) is 121 cm³/mol. The van der Waals surface area contributed by atoms with Crippen LogP contribution in [-0.2, 0) is 20.7 Å². The Bertz CT molecular complexity index is 806. The van der Waals surface area contributed by atoms with Gasteiger partial charge in [-0.05, 0) is 89.3 Å². The molecule has 4 heteroatoms. The Balaban J connectivity index is 1.66. The molecule has 2 rings (SSSR count). The first kappa shape index (κ1) is 23.8. The van der Waals surface area contributed by atoms with Crippen molar-refractivity contribution in [3.63, 3.8) is 0 Å². The molecule has 0 aromatic carbocycles. The maximum Gasteiger partial charge on any atom is 0.343 e. The van der Waals surface area contributed by atoms with E-state index in [1.807, 2.05) is 18.4 Å². The summed E-state index contributed by atoms with van der Waals surface area (Å²) < 4.78 is 15.7. The highest BCUT2D eigenvalue weighted by Crippen LogP contribution is 2.28. The molecule has 0 fully saturated rings. The number of aryl methyl sites for hydroxylation is 1. The zero-order valence-corrected chi connectivity index (χ0v) is 19.1. The zero-order valence-electron chi connectivity index (χ0n) is 19.1. The summed E-state index contributed by atoms with van der Waals surface area (Å²) in [7, 11) is 1.57. The number of ether oxygens (including phenoxy) is 2. The van der Waals surface area contributed by atoms with Crippen LogP contribution in [0.25, 0.3) is 0 Å². The standard InChI is InChI=1S/C26H36O4/c1-19(9-6-10-20(2)12-8-14-23-15-16-29-18-23)11-7-13-21(3)17-24-25(28-5)22(4)26(27)30-24/h11-12,15-18,21H,6-10,13-14H2,1-5H3/b19-11-,20-12+,24-17-/t21-/m0/s1. The van der Waals surface area contributed by atoms with Crippen LogP contribution in [0.15, 0.2) is 69.5 Å². The lowest BCUT2D eigenvalue weighted by Gasteiger charge is -2.08. The van der Waals surface area contributed by atoms with Crippen LogP contribution in [0.4, 0.5) is 0 Å². The molecule has 0 unspecified atom stereocenters. The number of rotatable bonds is 12. The molecule has 0 spiro atoms. The summed E-state index contributed by atoms with van der Waals surface area (Å²) in [6.45, 7) is 8.32. The maximum absolute atomic E-state index is 11.7. The van der Waals surface area contributed by atoms with Crippen molar-refractivity contribution in [3.05, 3.63) is 70.6 Å². The van der Waals surface area contributed by atoms with Crippen molar-refractivity contribution in [3.8, 4) is 0 Å². The van der Waals surface area contributed by atoms with Crippen LogP contribution >= 0.6 is 0 Å². The Morgan fingerprint density at radius 1 is 1.17 bits per heavy atom. The maximum atomic E-state index is 11.7. The smallest absolute Gasteiger partial charge is 0.343 e. The van der Waals surface area contributed by atoms with E-state index in [-0.39, 0.29) is 5.97 Å². The molecule has 0 radical (unpaired) electrons. The van der Waals surface area contributed by atoms with E-state index in [0.717, 1.165) is 38.5 Å². The van der Waals surface area contributed by atoms with E-state index in [4.69, 9.17) is 13.9 Å². The lowest BCUT2D eigenvalue weighted by atomic mass is 10.0. The Morgan fingerprint density at radius 2 is 1.87 bits per heavy atom. The van der Waals surface area contributed by atoms with Gasteiger partial charge in [-0.1, -0.05) is 30.2 Å². The third-order valence-corrected chi connectivity index (χ3v) is 5.48. The third kappa shape index (κ3) is 7.74. The Morgan fingerprint density at radius 3 is 2.50 bits per heavy atom. The Kier molecular flexibility index (Phi) is 9.72. The molecule has 1 aromatic heterocycles. The van der Waals surface area contributed by atoms with Gasteiger partial charge in [0.15, 0.2) is 11.5 Å². The molecule has 0 saturated carbocycles. The van der Waals surface area contributed by atoms with E-state index in [1.54, 1.807) is 20.3 Å². The molecular formula is C26H36O4. The van der Waals surface area contributed by atoms with Crippen molar-refractivity contribution < 1.29 is 18.7 Å². The number of hydrogen-bond donors (Lipinski definition) is 0. The minimum Gasteiger partial charge on any atom is -0.492 e. The highest BCUT2D eigenvalue weighted by molar-refractivity contribution is 5.93. The minimum absolute atomic E-state index is 0.313. The van der Waals surface area contributed by atoms with Crippen molar-refractivity contribution >= 4 is 5.97 Å². The lowest BCUT2D eigenvalue weighted by Crippen LogP contribution is -1.98. The van der Waals surface area contributed by atoms with Crippen molar-refractivity contribution in [2.75, 3.05) is 7.11 Å². The highest BCUT2D eigenvalue weighted by atomic mass is 16.6. The quantitative estimate of drug-likeness (QED) is 0.272. The van der Waals surface area contributed by atoms with Gasteiger partial charge >= 0.3 is 5.97 Å². The Hall–Kier alpha value is -2.49. The van der Waals surface area contributed by atoms with Gasteiger partial charge in [-0.3, -0.25) is 0 Å². The second kappa shape index (κ2) is 12.3. The number of cyclic esters (lactones) is 1. The molecule has 1 aromatic rings. The largest absolute Gasteiger partial charge is 0.492 e. The zero-order chi connectivity index (χ0) is 21.9. The summed E-state index contributed by atoms with van der Waals surface area (Å²) in [6, 6.07) is 2.03. The van der Waals surface area contributed by atoms with Crippen LogP contribution < -0.4 is 0 Å². The fourth-order valence-corrected chi connectivity index (χ4v) is 3.57. The number of esters is 1. The molecular weight excluding hydrogens is 376 g/mol. The topological polar surface area (TPSA) is 48.7 Å². The van der Waals surface area contributed by atoms with Gasteiger partial charge in [-0.2, -0.15) is 0 Å². The number of carbonyl (C=O) groups excluding carboxylic acids is 1. The SMILES string of the molecule is COC1=C(C)C(=O)O/C1=C\[C@@H](C)CC/C=C(/C)CCC/C(C)=C/CCc1ccoc1. The van der Waals surface area contributed by atoms with E-state index in [9.17, 15) is 4.79 Å². The van der Waals surface area contributed by atoms with E-state index >= 15 is 0 Å². The van der Waals surface area contributed by atoms with E-state index in [2.05, 4.69) is 32.9 Å². The van der Waals surface area contributed by atoms with Crippen LogP contribution in [0.3, 0.4) is 0 Å². The molecule has 164 valence electrons. The highest BCUT2D eigenvalue weighted by Gasteiger charge is 2.27. The first-order valence-electron chi connectivity index (χ1n) is 10.9. The predicted octanol–water partition coefficient (Wildman–Crippen LogP) is 7.05. The van der Waals surface area contributed by atoms with Gasteiger partial charge in [-0.15, -0.1) is 0 Å². The molecule has 0 aliphatic carbocycles. The first-order chi connectivity index (χ1) is 14.4. The van der Waals surface area contributed by atoms with Crippen LogP contribution in [0.1, 0.15) is 71.8 Å². The van der Waals surface area contributed by atoms with Crippen molar-refractivity contribution in [1.82, 2.24) is 0 Å². The molecule has 4 nitrogen and oxygen atoms in total. The fourth-order valence-electron chi connectivity index (χ4n) is 3.57.